The van der Waals surface area contributed by atoms with Gasteiger partial charge in [-0.3, -0.25) is 0 Å². The van der Waals surface area contributed by atoms with Crippen LogP contribution in [0.25, 0.3) is 0 Å². The number of rotatable bonds is 1. The summed E-state index contributed by atoms with van der Waals surface area (Å²) in [4.78, 5) is 0. The van der Waals surface area contributed by atoms with E-state index in [1.165, 1.54) is 5.56 Å². The summed E-state index contributed by atoms with van der Waals surface area (Å²) in [6.45, 7) is 4.00. The highest BCUT2D eigenvalue weighted by Gasteiger charge is 2.04. The molecule has 0 bridgehead atoms. The van der Waals surface area contributed by atoms with Crippen LogP contribution in [0.3, 0.4) is 0 Å². The van der Waals surface area contributed by atoms with Crippen molar-refractivity contribution >= 4 is 0 Å². The molecule has 0 saturated carbocycles. The Balaban J connectivity index is 0.000000461. The van der Waals surface area contributed by atoms with Gasteiger partial charge in [0.1, 0.15) is 0 Å². The van der Waals surface area contributed by atoms with Crippen LogP contribution in [-0.2, 0) is 0 Å². The van der Waals surface area contributed by atoms with E-state index >= 15 is 0 Å². The third kappa shape index (κ3) is 2.77. The lowest BCUT2D eigenvalue weighted by Gasteiger charge is -2.15. The summed E-state index contributed by atoms with van der Waals surface area (Å²) in [6, 6.07) is 10.7. The normalized spacial score (nSPS) is 18.0. The highest BCUT2D eigenvalue weighted by molar-refractivity contribution is 5.26. The Bertz CT molecular complexity index is 298. The van der Waals surface area contributed by atoms with Gasteiger partial charge in [0.05, 0.1) is 6.04 Å². The van der Waals surface area contributed by atoms with Crippen molar-refractivity contribution in [3.8, 4) is 0 Å². The van der Waals surface area contributed by atoms with E-state index in [1.54, 1.807) is 0 Å². The van der Waals surface area contributed by atoms with Gasteiger partial charge in [-0.05, 0) is 17.8 Å². The van der Waals surface area contributed by atoms with Crippen LogP contribution in [-0.4, -0.2) is 0 Å². The van der Waals surface area contributed by atoms with Crippen molar-refractivity contribution in [3.63, 3.8) is 0 Å². The SMILES string of the molecule is C1=CNC(c2ccccc2)C=C1.CC. The van der Waals surface area contributed by atoms with Crippen molar-refractivity contribution in [3.05, 3.63) is 60.3 Å². The third-order valence-electron chi connectivity index (χ3n) is 1.95. The maximum absolute atomic E-state index is 3.27. The second-order valence-electron chi connectivity index (χ2n) is 2.80. The van der Waals surface area contributed by atoms with Crippen molar-refractivity contribution in [1.82, 2.24) is 5.32 Å². The van der Waals surface area contributed by atoms with Gasteiger partial charge in [0, 0.05) is 0 Å². The molecular weight excluding hydrogens is 170 g/mol. The summed E-state index contributed by atoms with van der Waals surface area (Å²) in [5, 5.41) is 3.27. The molecule has 0 amide bonds. The average molecular weight is 187 g/mol. The highest BCUT2D eigenvalue weighted by atomic mass is 14.9. The predicted octanol–water partition coefficient (Wildman–Crippen LogP) is 3.43. The molecule has 1 nitrogen and oxygen atoms in total. The molecule has 1 atom stereocenters. The molecular formula is C13H17N. The fourth-order valence-corrected chi connectivity index (χ4v) is 1.31. The summed E-state index contributed by atoms with van der Waals surface area (Å²) < 4.78 is 0. The lowest BCUT2D eigenvalue weighted by Crippen LogP contribution is -2.14. The van der Waals surface area contributed by atoms with Gasteiger partial charge in [0.25, 0.3) is 0 Å². The van der Waals surface area contributed by atoms with Crippen LogP contribution in [0.1, 0.15) is 25.5 Å². The lowest BCUT2D eigenvalue weighted by molar-refractivity contribution is 0.746. The van der Waals surface area contributed by atoms with Crippen molar-refractivity contribution in [2.45, 2.75) is 19.9 Å². The molecule has 1 unspecified atom stereocenters. The maximum Gasteiger partial charge on any atom is 0.0695 e. The van der Waals surface area contributed by atoms with Gasteiger partial charge < -0.3 is 5.32 Å². The Kier molecular flexibility index (Phi) is 4.56. The van der Waals surface area contributed by atoms with E-state index in [9.17, 15) is 0 Å². The standard InChI is InChI=1S/C11H11N.C2H6/c1-2-6-10(7-3-1)11-8-4-5-9-12-11;1-2/h1-9,11-12H;1-2H3. The van der Waals surface area contributed by atoms with Gasteiger partial charge in [0.15, 0.2) is 0 Å². The first-order valence-corrected chi connectivity index (χ1v) is 5.11. The topological polar surface area (TPSA) is 12.0 Å². The molecule has 0 aliphatic carbocycles. The van der Waals surface area contributed by atoms with Crippen LogP contribution in [0.15, 0.2) is 54.8 Å². The fourth-order valence-electron chi connectivity index (χ4n) is 1.31. The van der Waals surface area contributed by atoms with Gasteiger partial charge in [-0.25, -0.2) is 0 Å². The van der Waals surface area contributed by atoms with E-state index in [0.29, 0.717) is 6.04 Å². The monoisotopic (exact) mass is 187 g/mol. The van der Waals surface area contributed by atoms with Gasteiger partial charge in [-0.2, -0.15) is 0 Å². The second-order valence-corrected chi connectivity index (χ2v) is 2.80. The second kappa shape index (κ2) is 6.03. The van der Waals surface area contributed by atoms with Crippen molar-refractivity contribution < 1.29 is 0 Å². The minimum absolute atomic E-state index is 0.344. The Morgan fingerprint density at radius 2 is 1.71 bits per heavy atom. The zero-order chi connectivity index (χ0) is 10.2. The average Bonchev–Trinajstić information content (AvgIpc) is 2.34. The van der Waals surface area contributed by atoms with E-state index in [0.717, 1.165) is 0 Å². The molecule has 14 heavy (non-hydrogen) atoms. The maximum atomic E-state index is 3.27. The number of benzene rings is 1. The molecule has 0 radical (unpaired) electrons. The van der Waals surface area contributed by atoms with Crippen LogP contribution in [0, 0.1) is 0 Å². The minimum atomic E-state index is 0.344. The van der Waals surface area contributed by atoms with Crippen LogP contribution in [0.4, 0.5) is 0 Å². The first-order valence-electron chi connectivity index (χ1n) is 5.11. The van der Waals surface area contributed by atoms with Crippen molar-refractivity contribution in [2.24, 2.45) is 0 Å². The molecule has 1 heterocycles. The minimum Gasteiger partial charge on any atom is -0.381 e. The summed E-state index contributed by atoms with van der Waals surface area (Å²) in [5.41, 5.74) is 1.30. The fraction of sp³-hybridized carbons (Fsp3) is 0.231. The predicted molar refractivity (Wildman–Crippen MR) is 61.9 cm³/mol. The summed E-state index contributed by atoms with van der Waals surface area (Å²) in [5.74, 6) is 0. The van der Waals surface area contributed by atoms with Gasteiger partial charge in [-0.1, -0.05) is 56.3 Å². The highest BCUT2D eigenvalue weighted by Crippen LogP contribution is 2.15. The molecule has 0 fully saturated rings. The summed E-state index contributed by atoms with van der Waals surface area (Å²) in [7, 11) is 0. The van der Waals surface area contributed by atoms with Gasteiger partial charge in [-0.15, -0.1) is 0 Å². The van der Waals surface area contributed by atoms with Crippen LogP contribution >= 0.6 is 0 Å². The van der Waals surface area contributed by atoms with E-state index in [-0.39, 0.29) is 0 Å². The molecule has 1 aromatic rings. The van der Waals surface area contributed by atoms with Crippen LogP contribution in [0.2, 0.25) is 0 Å². The third-order valence-corrected chi connectivity index (χ3v) is 1.95. The summed E-state index contributed by atoms with van der Waals surface area (Å²) >= 11 is 0. The van der Waals surface area contributed by atoms with Crippen LogP contribution < -0.4 is 5.32 Å². The molecule has 74 valence electrons. The molecule has 0 saturated heterocycles. The van der Waals surface area contributed by atoms with Crippen molar-refractivity contribution in [2.75, 3.05) is 0 Å². The zero-order valence-corrected chi connectivity index (χ0v) is 8.77. The Morgan fingerprint density at radius 3 is 2.29 bits per heavy atom. The molecule has 1 N–H and O–H groups in total. The smallest absolute Gasteiger partial charge is 0.0695 e. The van der Waals surface area contributed by atoms with E-state index in [1.807, 2.05) is 32.2 Å². The largest absolute Gasteiger partial charge is 0.381 e. The van der Waals surface area contributed by atoms with Gasteiger partial charge >= 0.3 is 0 Å². The number of nitrogens with one attached hydrogen (secondary N) is 1. The quantitative estimate of drug-likeness (QED) is 0.710. The molecule has 1 aromatic carbocycles. The van der Waals surface area contributed by atoms with E-state index in [2.05, 4.69) is 41.7 Å². The Hall–Kier alpha value is -1.50. The number of hydrogen-bond acceptors (Lipinski definition) is 1. The number of dihydropyridines is 1. The number of allylic oxidation sites excluding steroid dienone is 2. The van der Waals surface area contributed by atoms with E-state index in [4.69, 9.17) is 0 Å². The van der Waals surface area contributed by atoms with E-state index < -0.39 is 0 Å². The first kappa shape index (κ1) is 10.6. The molecule has 0 spiro atoms. The van der Waals surface area contributed by atoms with Gasteiger partial charge in [0.2, 0.25) is 0 Å². The Morgan fingerprint density at radius 1 is 1.00 bits per heavy atom. The Labute approximate surface area is 86.2 Å². The molecule has 0 aromatic heterocycles. The summed E-state index contributed by atoms with van der Waals surface area (Å²) in [6.07, 6.45) is 8.18. The molecule has 1 aliphatic rings. The lowest BCUT2D eigenvalue weighted by atomic mass is 10.1. The van der Waals surface area contributed by atoms with Crippen LogP contribution in [0.5, 0.6) is 0 Å². The van der Waals surface area contributed by atoms with Crippen molar-refractivity contribution in [1.29, 1.82) is 0 Å². The number of hydrogen-bond donors (Lipinski definition) is 1. The first-order chi connectivity index (χ1) is 6.97. The molecule has 2 rings (SSSR count). The zero-order valence-electron chi connectivity index (χ0n) is 8.77. The molecule has 1 heteroatoms. The molecule has 1 aliphatic heterocycles.